The molecule has 2 aliphatic rings. The summed E-state index contributed by atoms with van der Waals surface area (Å²) < 4.78 is 16.6. The third-order valence-electron chi connectivity index (χ3n) is 8.58. The van der Waals surface area contributed by atoms with Gasteiger partial charge in [0, 0.05) is 30.6 Å². The van der Waals surface area contributed by atoms with Crippen molar-refractivity contribution in [1.29, 1.82) is 5.26 Å². The molecule has 11 nitrogen and oxygen atoms in total. The van der Waals surface area contributed by atoms with Crippen molar-refractivity contribution >= 4 is 30.1 Å². The predicted octanol–water partition coefficient (Wildman–Crippen LogP) is 2.88. The van der Waals surface area contributed by atoms with Crippen molar-refractivity contribution in [3.05, 3.63) is 36.1 Å². The highest BCUT2D eigenvalue weighted by Gasteiger charge is 2.45. The van der Waals surface area contributed by atoms with Gasteiger partial charge in [0.25, 0.3) is 0 Å². The Morgan fingerprint density at radius 2 is 1.90 bits per heavy atom. The Hall–Kier alpha value is -3.11. The quantitative estimate of drug-likeness (QED) is 0.360. The van der Waals surface area contributed by atoms with Crippen molar-refractivity contribution in [2.75, 3.05) is 39.5 Å². The molecule has 2 aromatic rings. The summed E-state index contributed by atoms with van der Waals surface area (Å²) in [5.74, 6) is -1.28. The molecule has 3 heterocycles. The number of carbonyl (C=O) groups is 2. The zero-order valence-corrected chi connectivity index (χ0v) is 24.9. The van der Waals surface area contributed by atoms with Gasteiger partial charge >= 0.3 is 13.2 Å². The van der Waals surface area contributed by atoms with E-state index in [-0.39, 0.29) is 30.5 Å². The van der Waals surface area contributed by atoms with Crippen LogP contribution < -0.4 is 5.32 Å². The second-order valence-electron chi connectivity index (χ2n) is 12.3. The molecule has 228 valence electrons. The molecule has 2 aliphatic heterocycles. The van der Waals surface area contributed by atoms with Gasteiger partial charge in [-0.2, -0.15) is 5.26 Å². The summed E-state index contributed by atoms with van der Waals surface area (Å²) in [6.07, 6.45) is 4.46. The van der Waals surface area contributed by atoms with Gasteiger partial charge in [-0.05, 0) is 58.1 Å². The average Bonchev–Trinajstić information content (AvgIpc) is 3.23. The molecule has 0 radical (unpaired) electrons. The van der Waals surface area contributed by atoms with Gasteiger partial charge in [-0.25, -0.2) is 4.79 Å². The lowest BCUT2D eigenvalue weighted by molar-refractivity contribution is -0.144. The number of rotatable bonds is 10. The number of ether oxygens (including phenoxy) is 2. The lowest BCUT2D eigenvalue weighted by Crippen LogP contribution is -2.56. The molecular formula is C30H43BN4O7. The van der Waals surface area contributed by atoms with E-state index in [0.717, 1.165) is 43.3 Å². The van der Waals surface area contributed by atoms with Crippen molar-refractivity contribution in [2.24, 2.45) is 5.41 Å². The lowest BCUT2D eigenvalue weighted by atomic mass is 9.76. The Kier molecular flexibility index (Phi) is 10.5. The smallest absolute Gasteiger partial charge is 0.464 e. The molecule has 0 spiro atoms. The molecule has 2 saturated heterocycles. The summed E-state index contributed by atoms with van der Waals surface area (Å²) in [5.41, 5.74) is -0.258. The van der Waals surface area contributed by atoms with E-state index in [9.17, 15) is 24.9 Å². The van der Waals surface area contributed by atoms with Crippen LogP contribution in [-0.4, -0.2) is 95.9 Å². The van der Waals surface area contributed by atoms with Crippen LogP contribution in [0.5, 0.6) is 0 Å². The molecule has 4 rings (SSSR count). The van der Waals surface area contributed by atoms with Crippen LogP contribution in [-0.2, 0) is 20.7 Å². The standard InChI is InChI=1S/C30H43BN4O7/c1-29(2,34-13-15-40-16-14-34)20-30(3,21-32)27(36)35-12-8-4-5-9-23(35)19-42-28(37)33-26(31(38)39)17-22-18-41-25-11-7-6-10-24(22)25/h6-7,10-11,18,23,26,38-39H,4-5,8-9,12-17,19-20H2,1-3H3,(H,33,37)/t23-,26-,30?/m0/s1. The number of para-hydroxylation sites is 1. The minimum atomic E-state index is -1.83. The van der Waals surface area contributed by atoms with Gasteiger partial charge < -0.3 is 34.2 Å². The minimum Gasteiger partial charge on any atom is -0.464 e. The van der Waals surface area contributed by atoms with Crippen molar-refractivity contribution in [1.82, 2.24) is 15.1 Å². The number of nitrogens with one attached hydrogen (secondary N) is 1. The maximum Gasteiger partial charge on any atom is 0.475 e. The van der Waals surface area contributed by atoms with Gasteiger partial charge in [0.05, 0.1) is 37.5 Å². The van der Waals surface area contributed by atoms with Crippen LogP contribution in [0.3, 0.4) is 0 Å². The highest BCUT2D eigenvalue weighted by atomic mass is 16.5. The number of hydrogen-bond acceptors (Lipinski definition) is 9. The van der Waals surface area contributed by atoms with E-state index in [0.29, 0.717) is 38.2 Å². The van der Waals surface area contributed by atoms with Gasteiger partial charge in [0.1, 0.15) is 17.6 Å². The third kappa shape index (κ3) is 7.64. The first-order valence-corrected chi connectivity index (χ1v) is 14.8. The van der Waals surface area contributed by atoms with Crippen LogP contribution in [0.1, 0.15) is 58.4 Å². The fourth-order valence-corrected chi connectivity index (χ4v) is 6.27. The Labute approximate surface area is 247 Å². The van der Waals surface area contributed by atoms with E-state index < -0.39 is 24.6 Å². The number of hydrogen-bond donors (Lipinski definition) is 3. The Morgan fingerprint density at radius 1 is 1.17 bits per heavy atom. The number of furan rings is 1. The number of alkyl carbamates (subject to hydrolysis) is 1. The fourth-order valence-electron chi connectivity index (χ4n) is 6.27. The minimum absolute atomic E-state index is 0.0607. The Balaban J connectivity index is 1.40. The number of benzene rings is 1. The van der Waals surface area contributed by atoms with Crippen LogP contribution in [0.4, 0.5) is 4.79 Å². The van der Waals surface area contributed by atoms with Crippen LogP contribution >= 0.6 is 0 Å². The third-order valence-corrected chi connectivity index (χ3v) is 8.58. The number of fused-ring (bicyclic) bond motifs is 1. The van der Waals surface area contributed by atoms with Gasteiger partial charge in [0.2, 0.25) is 5.91 Å². The zero-order chi connectivity index (χ0) is 30.3. The predicted molar refractivity (Wildman–Crippen MR) is 157 cm³/mol. The molecule has 1 unspecified atom stereocenters. The van der Waals surface area contributed by atoms with E-state index in [2.05, 4.69) is 30.1 Å². The zero-order valence-electron chi connectivity index (χ0n) is 24.9. The maximum absolute atomic E-state index is 14.0. The van der Waals surface area contributed by atoms with E-state index in [1.54, 1.807) is 11.8 Å². The first-order chi connectivity index (χ1) is 20.0. The molecule has 0 aliphatic carbocycles. The average molecular weight is 583 g/mol. The SMILES string of the molecule is CC(C#N)(CC(C)(C)N1CCOCC1)C(=O)N1CCCCC[C@H]1COC(=O)N[C@@H](Cc1coc2ccccc12)B(O)O. The van der Waals surface area contributed by atoms with Crippen molar-refractivity contribution in [2.45, 2.75) is 76.8 Å². The van der Waals surface area contributed by atoms with Gasteiger partial charge in [-0.1, -0.05) is 31.0 Å². The Bertz CT molecular complexity index is 1260. The molecule has 3 atom stereocenters. The summed E-state index contributed by atoms with van der Waals surface area (Å²) in [6.45, 7) is 9.00. The van der Waals surface area contributed by atoms with E-state index >= 15 is 0 Å². The highest BCUT2D eigenvalue weighted by Crippen LogP contribution is 2.35. The van der Waals surface area contributed by atoms with E-state index in [1.165, 1.54) is 6.26 Å². The Morgan fingerprint density at radius 3 is 2.62 bits per heavy atom. The van der Waals surface area contributed by atoms with Crippen molar-refractivity contribution in [3.8, 4) is 6.07 Å². The molecular weight excluding hydrogens is 539 g/mol. The highest BCUT2D eigenvalue weighted by molar-refractivity contribution is 6.43. The topological polar surface area (TPSA) is 148 Å². The normalized spacial score (nSPS) is 20.7. The maximum atomic E-state index is 14.0. The summed E-state index contributed by atoms with van der Waals surface area (Å²) >= 11 is 0. The molecule has 2 amide bonds. The van der Waals surface area contributed by atoms with Gasteiger partial charge in [-0.15, -0.1) is 0 Å². The van der Waals surface area contributed by atoms with Crippen molar-refractivity contribution < 1.29 is 33.5 Å². The number of nitriles is 1. The number of likely N-dealkylation sites (tertiary alicyclic amines) is 1. The van der Waals surface area contributed by atoms with Crippen LogP contribution in [0, 0.1) is 16.7 Å². The molecule has 42 heavy (non-hydrogen) atoms. The first kappa shape index (κ1) is 31.8. The number of nitrogens with zero attached hydrogens (tertiary/aromatic N) is 3. The van der Waals surface area contributed by atoms with E-state index in [4.69, 9.17) is 13.9 Å². The molecule has 0 saturated carbocycles. The largest absolute Gasteiger partial charge is 0.475 e. The molecule has 1 aromatic carbocycles. The lowest BCUT2D eigenvalue weighted by Gasteiger charge is -2.44. The molecule has 12 heteroatoms. The second kappa shape index (κ2) is 13.9. The summed E-state index contributed by atoms with van der Waals surface area (Å²) in [6, 6.07) is 9.30. The summed E-state index contributed by atoms with van der Waals surface area (Å²) in [5, 5.41) is 33.6. The van der Waals surface area contributed by atoms with Crippen molar-refractivity contribution in [3.63, 3.8) is 0 Å². The molecule has 2 fully saturated rings. The van der Waals surface area contributed by atoms with Crippen LogP contribution in [0.15, 0.2) is 34.9 Å². The van der Waals surface area contributed by atoms with Gasteiger partial charge in [-0.3, -0.25) is 9.69 Å². The fraction of sp³-hybridized carbons (Fsp3) is 0.633. The second-order valence-corrected chi connectivity index (χ2v) is 12.3. The first-order valence-electron chi connectivity index (χ1n) is 14.8. The molecule has 1 aromatic heterocycles. The summed E-state index contributed by atoms with van der Waals surface area (Å²) in [4.78, 5) is 30.8. The monoisotopic (exact) mass is 582 g/mol. The van der Waals surface area contributed by atoms with Crippen LogP contribution in [0.2, 0.25) is 0 Å². The number of amides is 2. The molecule has 0 bridgehead atoms. The van der Waals surface area contributed by atoms with Crippen LogP contribution in [0.25, 0.3) is 11.0 Å². The van der Waals surface area contributed by atoms with Gasteiger partial charge in [0.15, 0.2) is 0 Å². The number of carbonyl (C=O) groups excluding carboxylic acids is 2. The van der Waals surface area contributed by atoms with E-state index in [1.807, 2.05) is 24.3 Å². The molecule has 3 N–H and O–H groups in total. The summed E-state index contributed by atoms with van der Waals surface area (Å²) in [7, 11) is -1.83. The number of morpholine rings is 1.